The van der Waals surface area contributed by atoms with E-state index in [0.29, 0.717) is 17.7 Å². The van der Waals surface area contributed by atoms with Crippen molar-refractivity contribution in [1.29, 1.82) is 5.26 Å². The van der Waals surface area contributed by atoms with Crippen LogP contribution < -0.4 is 5.32 Å². The molecule has 5 heteroatoms. The lowest BCUT2D eigenvalue weighted by molar-refractivity contribution is 0.0936. The second-order valence-corrected chi connectivity index (χ2v) is 4.33. The minimum absolute atomic E-state index is 0.0209. The smallest absolute Gasteiger partial charge is 0.251 e. The Hall–Kier alpha value is -2.61. The molecular weight excluding hydrogens is 240 g/mol. The Morgan fingerprint density at radius 3 is 3.11 bits per heavy atom. The average molecular weight is 254 g/mol. The van der Waals surface area contributed by atoms with Crippen molar-refractivity contribution in [2.45, 2.75) is 19.5 Å². The van der Waals surface area contributed by atoms with Crippen LogP contribution in [0, 0.1) is 11.3 Å². The van der Waals surface area contributed by atoms with Gasteiger partial charge in [-0.2, -0.15) is 5.26 Å². The molecule has 0 radical (unpaired) electrons. The number of hydrogen-bond donors (Lipinski definition) is 1. The first-order chi connectivity index (χ1) is 9.19. The Kier molecular flexibility index (Phi) is 3.94. The van der Waals surface area contributed by atoms with Crippen LogP contribution in [-0.4, -0.2) is 21.5 Å². The van der Waals surface area contributed by atoms with Gasteiger partial charge in [0.2, 0.25) is 0 Å². The summed E-state index contributed by atoms with van der Waals surface area (Å²) in [6, 6.07) is 8.65. The van der Waals surface area contributed by atoms with Gasteiger partial charge in [0.05, 0.1) is 18.0 Å². The molecule has 1 aromatic carbocycles. The Labute approximate surface area is 111 Å². The lowest BCUT2D eigenvalue weighted by atomic mass is 10.1. The number of aromatic nitrogens is 2. The van der Waals surface area contributed by atoms with Gasteiger partial charge in [-0.3, -0.25) is 4.79 Å². The summed E-state index contributed by atoms with van der Waals surface area (Å²) < 4.78 is 1.90. The summed E-state index contributed by atoms with van der Waals surface area (Å²) in [7, 11) is 0. The minimum Gasteiger partial charge on any atom is -0.348 e. The van der Waals surface area contributed by atoms with Crippen LogP contribution >= 0.6 is 0 Å². The SMILES string of the molecule is CC(Cn1ccnc1)NC(=O)c1cccc(C#N)c1. The van der Waals surface area contributed by atoms with Crippen molar-refractivity contribution in [3.05, 3.63) is 54.1 Å². The number of carbonyl (C=O) groups is 1. The van der Waals surface area contributed by atoms with E-state index in [1.807, 2.05) is 23.8 Å². The van der Waals surface area contributed by atoms with Crippen molar-refractivity contribution < 1.29 is 4.79 Å². The molecule has 0 saturated carbocycles. The van der Waals surface area contributed by atoms with Crippen molar-refractivity contribution in [2.24, 2.45) is 0 Å². The molecule has 0 bridgehead atoms. The van der Waals surface area contributed by atoms with Gasteiger partial charge in [-0.25, -0.2) is 4.98 Å². The van der Waals surface area contributed by atoms with E-state index in [-0.39, 0.29) is 11.9 Å². The molecule has 2 rings (SSSR count). The fourth-order valence-electron chi connectivity index (χ4n) is 1.79. The first-order valence-electron chi connectivity index (χ1n) is 5.96. The molecule has 0 aliphatic carbocycles. The van der Waals surface area contributed by atoms with Crippen LogP contribution in [0.1, 0.15) is 22.8 Å². The summed E-state index contributed by atoms with van der Waals surface area (Å²) in [5.74, 6) is -0.176. The molecule has 1 heterocycles. The number of nitriles is 1. The molecule has 1 N–H and O–H groups in total. The molecule has 0 spiro atoms. The Morgan fingerprint density at radius 1 is 1.58 bits per heavy atom. The molecular formula is C14H14N4O. The molecule has 0 saturated heterocycles. The van der Waals surface area contributed by atoms with Gasteiger partial charge >= 0.3 is 0 Å². The molecule has 0 aliphatic rings. The second kappa shape index (κ2) is 5.83. The van der Waals surface area contributed by atoms with E-state index >= 15 is 0 Å². The van der Waals surface area contributed by atoms with E-state index in [4.69, 9.17) is 5.26 Å². The van der Waals surface area contributed by atoms with Crippen molar-refractivity contribution in [3.63, 3.8) is 0 Å². The number of hydrogen-bond acceptors (Lipinski definition) is 3. The van der Waals surface area contributed by atoms with Crippen LogP contribution in [0.3, 0.4) is 0 Å². The summed E-state index contributed by atoms with van der Waals surface area (Å²) in [6.07, 6.45) is 5.25. The topological polar surface area (TPSA) is 70.7 Å². The standard InChI is InChI=1S/C14H14N4O/c1-11(9-18-6-5-16-10-18)17-14(19)13-4-2-3-12(7-13)8-15/h2-7,10-11H,9H2,1H3,(H,17,19). The highest BCUT2D eigenvalue weighted by Crippen LogP contribution is 2.04. The molecule has 0 fully saturated rings. The van der Waals surface area contributed by atoms with Gasteiger partial charge in [0.1, 0.15) is 0 Å². The largest absolute Gasteiger partial charge is 0.348 e. The lowest BCUT2D eigenvalue weighted by Gasteiger charge is -2.14. The van der Waals surface area contributed by atoms with Crippen LogP contribution in [0.2, 0.25) is 0 Å². The van der Waals surface area contributed by atoms with E-state index in [1.165, 1.54) is 0 Å². The van der Waals surface area contributed by atoms with Gasteiger partial charge in [-0.05, 0) is 25.1 Å². The average Bonchev–Trinajstić information content (AvgIpc) is 2.91. The van der Waals surface area contributed by atoms with Gasteiger partial charge in [-0.1, -0.05) is 6.07 Å². The number of benzene rings is 1. The quantitative estimate of drug-likeness (QED) is 0.900. The molecule has 2 aromatic rings. The van der Waals surface area contributed by atoms with Crippen LogP contribution in [0.15, 0.2) is 43.0 Å². The first-order valence-corrected chi connectivity index (χ1v) is 5.96. The highest BCUT2D eigenvalue weighted by atomic mass is 16.1. The maximum atomic E-state index is 12.0. The van der Waals surface area contributed by atoms with Gasteiger partial charge in [0.15, 0.2) is 0 Å². The van der Waals surface area contributed by atoms with Gasteiger partial charge in [-0.15, -0.1) is 0 Å². The third-order valence-electron chi connectivity index (χ3n) is 2.68. The number of nitrogens with one attached hydrogen (secondary N) is 1. The second-order valence-electron chi connectivity index (χ2n) is 4.33. The van der Waals surface area contributed by atoms with Crippen molar-refractivity contribution in [1.82, 2.24) is 14.9 Å². The minimum atomic E-state index is -0.176. The molecule has 1 atom stereocenters. The third kappa shape index (κ3) is 3.42. The van der Waals surface area contributed by atoms with Gasteiger partial charge < -0.3 is 9.88 Å². The zero-order chi connectivity index (χ0) is 13.7. The van der Waals surface area contributed by atoms with E-state index in [9.17, 15) is 4.79 Å². The van der Waals surface area contributed by atoms with Crippen molar-refractivity contribution in [3.8, 4) is 6.07 Å². The number of imidazole rings is 1. The third-order valence-corrected chi connectivity index (χ3v) is 2.68. The first kappa shape index (κ1) is 12.8. The lowest BCUT2D eigenvalue weighted by Crippen LogP contribution is -2.35. The van der Waals surface area contributed by atoms with E-state index in [1.54, 1.807) is 36.8 Å². The molecule has 19 heavy (non-hydrogen) atoms. The Bertz CT molecular complexity index is 598. The van der Waals surface area contributed by atoms with E-state index in [2.05, 4.69) is 10.3 Å². The predicted octanol–water partition coefficient (Wildman–Crippen LogP) is 1.57. The summed E-state index contributed by atoms with van der Waals surface area (Å²) >= 11 is 0. The van der Waals surface area contributed by atoms with Crippen LogP contribution in [0.4, 0.5) is 0 Å². The molecule has 1 amide bonds. The number of carbonyl (C=O) groups excluding carboxylic acids is 1. The maximum absolute atomic E-state index is 12.0. The molecule has 96 valence electrons. The zero-order valence-electron chi connectivity index (χ0n) is 10.6. The Balaban J connectivity index is 1.98. The molecule has 1 unspecified atom stereocenters. The highest BCUT2D eigenvalue weighted by Gasteiger charge is 2.10. The van der Waals surface area contributed by atoms with E-state index in [0.717, 1.165) is 0 Å². The highest BCUT2D eigenvalue weighted by molar-refractivity contribution is 5.94. The number of nitrogens with zero attached hydrogens (tertiary/aromatic N) is 3. The summed E-state index contributed by atoms with van der Waals surface area (Å²) in [5, 5.41) is 11.7. The van der Waals surface area contributed by atoms with E-state index < -0.39 is 0 Å². The fraction of sp³-hybridized carbons (Fsp3) is 0.214. The van der Waals surface area contributed by atoms with Crippen LogP contribution in [0.5, 0.6) is 0 Å². The summed E-state index contributed by atoms with van der Waals surface area (Å²) in [4.78, 5) is 16.0. The van der Waals surface area contributed by atoms with Crippen LogP contribution in [-0.2, 0) is 6.54 Å². The maximum Gasteiger partial charge on any atom is 0.251 e. The molecule has 5 nitrogen and oxygen atoms in total. The monoisotopic (exact) mass is 254 g/mol. The normalized spacial score (nSPS) is 11.6. The van der Waals surface area contributed by atoms with Gasteiger partial charge in [0.25, 0.3) is 5.91 Å². The van der Waals surface area contributed by atoms with Crippen molar-refractivity contribution >= 4 is 5.91 Å². The predicted molar refractivity (Wildman–Crippen MR) is 70.3 cm³/mol. The Morgan fingerprint density at radius 2 is 2.42 bits per heavy atom. The van der Waals surface area contributed by atoms with Crippen LogP contribution in [0.25, 0.3) is 0 Å². The van der Waals surface area contributed by atoms with Crippen molar-refractivity contribution in [2.75, 3.05) is 0 Å². The number of amides is 1. The molecule has 0 aliphatic heterocycles. The number of rotatable bonds is 4. The summed E-state index contributed by atoms with van der Waals surface area (Å²) in [5.41, 5.74) is 0.978. The summed E-state index contributed by atoms with van der Waals surface area (Å²) in [6.45, 7) is 2.58. The molecule has 1 aromatic heterocycles. The van der Waals surface area contributed by atoms with Gasteiger partial charge in [0, 0.05) is 30.5 Å². The fourth-order valence-corrected chi connectivity index (χ4v) is 1.79. The zero-order valence-corrected chi connectivity index (χ0v) is 10.6.